The van der Waals surface area contributed by atoms with Crippen molar-refractivity contribution in [3.8, 4) is 23.3 Å². The Morgan fingerprint density at radius 1 is 1.04 bits per heavy atom. The van der Waals surface area contributed by atoms with E-state index in [0.29, 0.717) is 50.9 Å². The lowest BCUT2D eigenvalue weighted by molar-refractivity contribution is -0.136. The van der Waals surface area contributed by atoms with Gasteiger partial charge in [-0.05, 0) is 113 Å². The first-order valence-electron chi connectivity index (χ1n) is 13.9. The van der Waals surface area contributed by atoms with Crippen molar-refractivity contribution >= 4 is 68.6 Å². The number of esters is 1. The fourth-order valence-electron chi connectivity index (χ4n) is 4.80. The van der Waals surface area contributed by atoms with Gasteiger partial charge in [0.05, 0.1) is 51.7 Å². The molecule has 4 aromatic rings. The summed E-state index contributed by atoms with van der Waals surface area (Å²) < 4.78 is 26.7. The van der Waals surface area contributed by atoms with Gasteiger partial charge in [0, 0.05) is 15.3 Å². The average Bonchev–Trinajstić information content (AvgIpc) is 3.35. The molecule has 3 aromatic carbocycles. The van der Waals surface area contributed by atoms with Gasteiger partial charge in [0.15, 0.2) is 16.3 Å². The van der Waals surface area contributed by atoms with Gasteiger partial charge in [0.1, 0.15) is 12.4 Å². The molecule has 1 aromatic heterocycles. The Balaban J connectivity index is 1.61. The van der Waals surface area contributed by atoms with Gasteiger partial charge in [0.25, 0.3) is 5.56 Å². The average molecular weight is 847 g/mol. The highest BCUT2D eigenvalue weighted by molar-refractivity contribution is 14.1. The number of hydrogen-bond donors (Lipinski definition) is 0. The molecule has 0 saturated heterocycles. The number of benzene rings is 3. The number of nitrogens with zero attached hydrogens (tertiary/aromatic N) is 3. The van der Waals surface area contributed by atoms with Crippen LogP contribution >= 0.6 is 56.5 Å². The van der Waals surface area contributed by atoms with E-state index >= 15 is 0 Å². The van der Waals surface area contributed by atoms with Gasteiger partial charge in [-0.3, -0.25) is 9.36 Å². The zero-order valence-corrected chi connectivity index (χ0v) is 29.6. The van der Waals surface area contributed by atoms with Crippen molar-refractivity contribution in [3.05, 3.63) is 115 Å². The summed E-state index contributed by atoms with van der Waals surface area (Å²) in [6, 6.07) is 17.9. The van der Waals surface area contributed by atoms with Crippen molar-refractivity contribution in [1.29, 1.82) is 5.26 Å². The predicted octanol–water partition coefficient (Wildman–Crippen LogP) is 5.48. The molecule has 0 radical (unpaired) electrons. The summed E-state index contributed by atoms with van der Waals surface area (Å²) in [5.74, 6) is 1.13. The van der Waals surface area contributed by atoms with Crippen molar-refractivity contribution in [1.82, 2.24) is 4.57 Å². The van der Waals surface area contributed by atoms with Crippen molar-refractivity contribution in [3.63, 3.8) is 0 Å². The number of fused-ring (bicyclic) bond motifs is 1. The molecule has 1 aliphatic rings. The summed E-state index contributed by atoms with van der Waals surface area (Å²) in [6.45, 7) is 4.92. The number of halogens is 2. The van der Waals surface area contributed by atoms with E-state index < -0.39 is 12.0 Å². The van der Waals surface area contributed by atoms with Crippen molar-refractivity contribution in [2.24, 2.45) is 4.99 Å². The van der Waals surface area contributed by atoms with Crippen LogP contribution < -0.4 is 29.1 Å². The maximum atomic E-state index is 14.1. The third kappa shape index (κ3) is 7.10. The van der Waals surface area contributed by atoms with Crippen molar-refractivity contribution in [2.45, 2.75) is 26.5 Å². The van der Waals surface area contributed by atoms with Crippen LogP contribution in [0.25, 0.3) is 6.08 Å². The highest BCUT2D eigenvalue weighted by Gasteiger charge is 2.31. The quantitative estimate of drug-likeness (QED) is 0.154. The summed E-state index contributed by atoms with van der Waals surface area (Å²) in [6.07, 6.45) is 3.26. The number of hydrogen-bond acceptors (Lipinski definition) is 9. The number of rotatable bonds is 10. The first-order chi connectivity index (χ1) is 21.8. The fraction of sp³-hybridized carbons (Fsp3) is 0.212. The van der Waals surface area contributed by atoms with E-state index in [9.17, 15) is 9.59 Å². The van der Waals surface area contributed by atoms with Crippen LogP contribution in [0.4, 0.5) is 0 Å². The van der Waals surface area contributed by atoms with Gasteiger partial charge in [0.2, 0.25) is 0 Å². The van der Waals surface area contributed by atoms with Crippen LogP contribution in [-0.4, -0.2) is 30.9 Å². The van der Waals surface area contributed by atoms with Crippen LogP contribution in [0.2, 0.25) is 0 Å². The standard InChI is InChI=1S/C33H27I2N3O6S/c1-4-42-26-11-10-21(13-27(26)43-5-2)29-24(32(40)41-3)17-37-33-38(29)31(39)28(45-33)14-22-12-23(34)15-25(35)30(22)44-18-20-8-6-19(16-36)7-9-20/h6-15,17,29H,4-5,18H2,1-3H3/b28-14+/t29-/m1/s1. The largest absolute Gasteiger partial charge is 0.490 e. The van der Waals surface area contributed by atoms with Crippen LogP contribution in [0.3, 0.4) is 0 Å². The monoisotopic (exact) mass is 847 g/mol. The summed E-state index contributed by atoms with van der Waals surface area (Å²) in [4.78, 5) is 32.0. The second kappa shape index (κ2) is 14.6. The lowest BCUT2D eigenvalue weighted by Gasteiger charge is -2.23. The molecule has 0 fully saturated rings. The molecule has 1 aliphatic heterocycles. The minimum Gasteiger partial charge on any atom is -0.490 e. The van der Waals surface area contributed by atoms with E-state index in [0.717, 1.165) is 18.3 Å². The number of carbonyl (C=O) groups is 1. The number of methoxy groups -OCH3 is 1. The Bertz CT molecular complexity index is 2010. The lowest BCUT2D eigenvalue weighted by atomic mass is 9.97. The van der Waals surface area contributed by atoms with Crippen LogP contribution in [0, 0.1) is 18.5 Å². The van der Waals surface area contributed by atoms with E-state index in [2.05, 4.69) is 56.2 Å². The molecule has 12 heteroatoms. The molecule has 2 heterocycles. The Labute approximate surface area is 290 Å². The summed E-state index contributed by atoms with van der Waals surface area (Å²) in [7, 11) is 1.30. The first-order valence-corrected chi connectivity index (χ1v) is 16.8. The molecule has 0 aliphatic carbocycles. The number of nitriles is 1. The zero-order chi connectivity index (χ0) is 32.1. The molecule has 0 spiro atoms. The molecule has 1 atom stereocenters. The van der Waals surface area contributed by atoms with E-state index in [-0.39, 0.29) is 17.7 Å². The van der Waals surface area contributed by atoms with Gasteiger partial charge in [-0.2, -0.15) is 5.26 Å². The van der Waals surface area contributed by atoms with Crippen LogP contribution in [0.5, 0.6) is 17.2 Å². The first kappa shape index (κ1) is 32.7. The molecule has 45 heavy (non-hydrogen) atoms. The second-order valence-electron chi connectivity index (χ2n) is 9.65. The van der Waals surface area contributed by atoms with E-state index in [1.165, 1.54) is 29.2 Å². The molecule has 0 bridgehead atoms. The Hall–Kier alpha value is -3.68. The third-order valence-corrected chi connectivity index (χ3v) is 9.22. The maximum absolute atomic E-state index is 14.1. The number of aromatic nitrogens is 1. The summed E-state index contributed by atoms with van der Waals surface area (Å²) in [5, 5.41) is 9.10. The predicted molar refractivity (Wildman–Crippen MR) is 187 cm³/mol. The van der Waals surface area contributed by atoms with E-state index in [4.69, 9.17) is 24.2 Å². The Morgan fingerprint density at radius 3 is 2.47 bits per heavy atom. The van der Waals surface area contributed by atoms with Crippen LogP contribution in [-0.2, 0) is 16.1 Å². The molecule has 0 unspecified atom stereocenters. The SMILES string of the molecule is CCOc1ccc([C@@H]2C(C(=O)OC)=CN=c3s/c(=C/c4cc(I)cc(I)c4OCc4ccc(C#N)cc4)c(=O)n32)cc1OCC. The molecule has 0 saturated carbocycles. The van der Waals surface area contributed by atoms with E-state index in [1.807, 2.05) is 44.2 Å². The number of ether oxygens (including phenoxy) is 4. The van der Waals surface area contributed by atoms with Crippen molar-refractivity contribution < 1.29 is 23.7 Å². The van der Waals surface area contributed by atoms with E-state index in [1.54, 1.807) is 30.3 Å². The highest BCUT2D eigenvalue weighted by atomic mass is 127. The van der Waals surface area contributed by atoms with Gasteiger partial charge in [-0.15, -0.1) is 0 Å². The molecule has 9 nitrogen and oxygen atoms in total. The third-order valence-electron chi connectivity index (χ3n) is 6.80. The second-order valence-corrected chi connectivity index (χ2v) is 13.1. The number of carbonyl (C=O) groups excluding carboxylic acids is 1. The fourth-order valence-corrected chi connectivity index (χ4v) is 7.80. The smallest absolute Gasteiger partial charge is 0.337 e. The number of thiazole rings is 1. The minimum atomic E-state index is -0.797. The van der Waals surface area contributed by atoms with Gasteiger partial charge in [-0.1, -0.05) is 29.5 Å². The van der Waals surface area contributed by atoms with Crippen LogP contribution in [0.15, 0.2) is 76.2 Å². The van der Waals surface area contributed by atoms with Crippen molar-refractivity contribution in [2.75, 3.05) is 20.3 Å². The molecule has 0 N–H and O–H groups in total. The van der Waals surface area contributed by atoms with Gasteiger partial charge in [-0.25, -0.2) is 9.79 Å². The molecular weight excluding hydrogens is 820 g/mol. The molecule has 230 valence electrons. The molecular formula is C33H27I2N3O6S. The van der Waals surface area contributed by atoms with Crippen LogP contribution in [0.1, 0.15) is 42.1 Å². The normalized spacial score (nSPS) is 14.1. The van der Waals surface area contributed by atoms with Gasteiger partial charge < -0.3 is 18.9 Å². The Kier molecular flexibility index (Phi) is 10.6. The maximum Gasteiger partial charge on any atom is 0.337 e. The topological polar surface area (TPSA) is 112 Å². The minimum absolute atomic E-state index is 0.221. The molecule has 5 rings (SSSR count). The van der Waals surface area contributed by atoms with Gasteiger partial charge >= 0.3 is 5.97 Å². The zero-order valence-electron chi connectivity index (χ0n) is 24.5. The Morgan fingerprint density at radius 2 is 1.78 bits per heavy atom. The molecule has 0 amide bonds. The lowest BCUT2D eigenvalue weighted by Crippen LogP contribution is -2.39. The summed E-state index contributed by atoms with van der Waals surface area (Å²) >= 11 is 5.68. The summed E-state index contributed by atoms with van der Waals surface area (Å²) in [5.41, 5.74) is 2.78. The highest BCUT2D eigenvalue weighted by Crippen LogP contribution is 2.35.